The topological polar surface area (TPSA) is 483 Å². The Kier molecular flexibility index (Phi) is 23.0. The van der Waals surface area contributed by atoms with Crippen LogP contribution in [0.4, 0.5) is 0 Å². The molecule has 7 heterocycles. The van der Waals surface area contributed by atoms with E-state index in [1.807, 2.05) is 13.8 Å². The van der Waals surface area contributed by atoms with Crippen LogP contribution in [0.25, 0.3) is 11.1 Å². The van der Waals surface area contributed by atoms with Gasteiger partial charge in [-0.25, -0.2) is 0 Å². The van der Waals surface area contributed by atoms with Gasteiger partial charge in [0.2, 0.25) is 41.9 Å². The lowest BCUT2D eigenvalue weighted by atomic mass is 9.80. The summed E-state index contributed by atoms with van der Waals surface area (Å²) in [4.78, 5) is 117. The lowest BCUT2D eigenvalue weighted by molar-refractivity contribution is -0.333. The number of carbonyl (C=O) groups is 8. The third-order valence-electron chi connectivity index (χ3n) is 18.6. The average Bonchev–Trinajstić information content (AvgIpc) is 0.767. The number of aliphatic hydroxyl groups is 6. The van der Waals surface area contributed by atoms with E-state index < -0.39 is 217 Å². The minimum absolute atomic E-state index is 0.0687. The van der Waals surface area contributed by atoms with E-state index in [4.69, 9.17) is 67.8 Å². The number of carbonyl (C=O) groups excluding carboxylic acids is 8. The lowest BCUT2D eigenvalue weighted by Crippen LogP contribution is -2.64. The largest absolute Gasteiger partial charge is 0.508 e. The van der Waals surface area contributed by atoms with E-state index in [1.54, 1.807) is 0 Å². The molecule has 32 heteroatoms. The molecule has 7 aliphatic heterocycles. The second-order valence-electron chi connectivity index (χ2n) is 26.4. The van der Waals surface area contributed by atoms with Crippen molar-refractivity contribution in [3.63, 3.8) is 0 Å². The number of hydrogen-bond acceptors (Lipinski definition) is 26. The van der Waals surface area contributed by atoms with Crippen LogP contribution >= 0.6 is 23.2 Å². The number of ether oxygens (including phenoxy) is 7. The van der Waals surface area contributed by atoms with Crippen LogP contribution in [-0.2, 0) is 57.3 Å². The molecule has 101 heavy (non-hydrogen) atoms. The van der Waals surface area contributed by atoms with Crippen LogP contribution in [-0.4, -0.2) is 174 Å². The Balaban J connectivity index is 1.24. The van der Waals surface area contributed by atoms with Crippen molar-refractivity contribution >= 4 is 70.7 Å². The van der Waals surface area contributed by atoms with Crippen LogP contribution in [0.15, 0.2) is 78.9 Å². The van der Waals surface area contributed by atoms with E-state index in [1.165, 1.54) is 63.4 Å². The van der Waals surface area contributed by atoms with E-state index in [0.29, 0.717) is 0 Å². The van der Waals surface area contributed by atoms with Gasteiger partial charge < -0.3 is 112 Å². The van der Waals surface area contributed by atoms with E-state index in [0.717, 1.165) is 36.4 Å². The van der Waals surface area contributed by atoms with E-state index in [2.05, 4.69) is 21.3 Å². The number of rotatable bonds is 14. The zero-order valence-electron chi connectivity index (χ0n) is 55.0. The number of phenolic OH excluding ortho intramolecular Hbond substituents is 3. The number of nitrogens with two attached hydrogens (primary N) is 2. The molecule has 542 valence electrons. The fourth-order valence-corrected chi connectivity index (χ4v) is 13.7. The second kappa shape index (κ2) is 30.9. The zero-order valence-corrected chi connectivity index (χ0v) is 56.5. The Morgan fingerprint density at radius 2 is 1.41 bits per heavy atom. The summed E-state index contributed by atoms with van der Waals surface area (Å²) in [7, 11) is 1.50. The number of phenols is 3. The molecule has 18 atom stereocenters. The molecule has 2 fully saturated rings. The van der Waals surface area contributed by atoms with Gasteiger partial charge in [0.15, 0.2) is 35.5 Å². The minimum atomic E-state index is -2.15. The summed E-state index contributed by atoms with van der Waals surface area (Å²) >= 11 is 14.2. The third kappa shape index (κ3) is 16.2. The first-order valence-electron chi connectivity index (χ1n) is 32.3. The van der Waals surface area contributed by atoms with Gasteiger partial charge in [-0.15, -0.1) is 0 Å². The second-order valence-corrected chi connectivity index (χ2v) is 27.2. The molecule has 2 saturated heterocycles. The van der Waals surface area contributed by atoms with Gasteiger partial charge in [0.1, 0.15) is 71.0 Å². The number of hydrogen-bond donors (Lipinski definition) is 15. The highest BCUT2D eigenvalue weighted by molar-refractivity contribution is 6.32. The molecule has 17 N–H and O–H groups in total. The first-order valence-corrected chi connectivity index (χ1v) is 33.0. The first kappa shape index (κ1) is 75.1. The minimum Gasteiger partial charge on any atom is -0.508 e. The smallest absolute Gasteiger partial charge is 0.295 e. The number of aromatic hydroxyl groups is 3. The average molecular weight is 1450 g/mol. The van der Waals surface area contributed by atoms with Crippen molar-refractivity contribution < 1.29 is 117 Å². The number of likely N-dealkylation sites (N-methyl/N-ethyl adjacent to an activating group) is 1. The number of fused-ring (bicyclic) bond motifs is 15. The Hall–Kier alpha value is -8.60. The summed E-state index contributed by atoms with van der Waals surface area (Å²) in [6.45, 7) is 5.68. The van der Waals surface area contributed by atoms with Crippen molar-refractivity contribution in [2.24, 2.45) is 29.2 Å². The maximum absolute atomic E-state index is 16.2. The van der Waals surface area contributed by atoms with Gasteiger partial charge in [-0.3, -0.25) is 38.4 Å². The third-order valence-corrected chi connectivity index (χ3v) is 19.2. The van der Waals surface area contributed by atoms with Crippen LogP contribution in [0.1, 0.15) is 124 Å². The first-order chi connectivity index (χ1) is 47.8. The fraction of sp³-hybridized carbons (Fsp3) is 0.449. The predicted octanol–water partition coefficient (Wildman–Crippen LogP) is 3.22. The van der Waals surface area contributed by atoms with Crippen LogP contribution < -0.4 is 46.9 Å². The molecule has 2 unspecified atom stereocenters. The van der Waals surface area contributed by atoms with Crippen molar-refractivity contribution in [1.82, 2.24) is 21.3 Å². The molecule has 30 nitrogen and oxygen atoms in total. The normalized spacial score (nSPS) is 29.6. The van der Waals surface area contributed by atoms with Gasteiger partial charge in [-0.05, 0) is 110 Å². The lowest BCUT2D eigenvalue weighted by Gasteiger charge is -2.47. The molecule has 0 radical (unpaired) electrons. The summed E-state index contributed by atoms with van der Waals surface area (Å²) in [6, 6.07) is 9.85. The van der Waals surface area contributed by atoms with E-state index in [9.17, 15) is 69.9 Å². The predicted molar refractivity (Wildman–Crippen MR) is 353 cm³/mol. The van der Waals surface area contributed by atoms with Crippen LogP contribution in [0, 0.1) is 17.8 Å². The Morgan fingerprint density at radius 3 is 2.00 bits per heavy atom. The molecule has 12 rings (SSSR count). The molecule has 5 aromatic rings. The van der Waals surface area contributed by atoms with E-state index in [-0.39, 0.29) is 85.7 Å². The molecular weight excluding hydrogens is 1370 g/mol. The summed E-state index contributed by atoms with van der Waals surface area (Å²) in [6.07, 6.45) is -22.7. The maximum atomic E-state index is 16.2. The Bertz CT molecular complexity index is 4030. The number of ketones is 3. The van der Waals surface area contributed by atoms with E-state index >= 15 is 14.4 Å². The number of benzene rings is 5. The molecule has 0 spiro atoms. The molecule has 4 amide bonds. The fourth-order valence-electron chi connectivity index (χ4n) is 13.2. The van der Waals surface area contributed by atoms with Crippen LogP contribution in [0.5, 0.6) is 46.0 Å². The van der Waals surface area contributed by atoms with Gasteiger partial charge >= 0.3 is 0 Å². The zero-order chi connectivity index (χ0) is 73.4. The van der Waals surface area contributed by atoms with Gasteiger partial charge in [0, 0.05) is 66.3 Å². The standard InChI is InChI=1S/C69H78Cl2N6O24/c1-27(2)12-41(74-5)66(94)76-56-45(84)16-33(19-52(72)86)64(92)75-55-32-17-49(61(50(18-32)98-48-11-8-31(58(56)88)15-40(48)71)101-68-62(60(90)59(89)51(25-78)99-68)100-53-24-69(4,73)63(91)28(3)96-53)97-47-10-7-30(14-39(47)70)57(87)38-23-43(82)35(22-46(55)85)29-6-9-42(81)36(13-29)54-37(20-34(80)21-44(54)83)67(95-26-79)77-65(38)93/h6-11,13-15,17-18,20-21,26-28,33,35,38,41,51,53,55-60,62-63,67-68,74,78,80-81,83,87-91H,12,16,19,22-25,73H2,1-5H3,(H2,72,86)(H,75,92)(H,76,94)(H,77,93)/t28-,33+,35-,38+,41-,51+,53-,55-,56?,57-,58-,59-,60+,62+,63-,67+,68?,69+/m1/s1. The molecule has 0 aliphatic carbocycles. The van der Waals surface area contributed by atoms with Gasteiger partial charge in [-0.1, -0.05) is 55.2 Å². The van der Waals surface area contributed by atoms with Gasteiger partial charge in [0.05, 0.1) is 52.8 Å². The number of Topliss-reactive ketones (excluding diaryl/α,β-unsaturated/α-hetero) is 3. The highest BCUT2D eigenvalue weighted by Crippen LogP contribution is 2.51. The van der Waals surface area contributed by atoms with Crippen molar-refractivity contribution in [2.75, 3.05) is 13.7 Å². The van der Waals surface area contributed by atoms with Crippen molar-refractivity contribution in [1.29, 1.82) is 0 Å². The molecule has 5 aromatic carbocycles. The molecule has 0 aromatic heterocycles. The van der Waals surface area contributed by atoms with Crippen molar-refractivity contribution in [3.05, 3.63) is 117 Å². The number of amides is 4. The highest BCUT2D eigenvalue weighted by Gasteiger charge is 2.51. The monoisotopic (exact) mass is 1440 g/mol. The maximum Gasteiger partial charge on any atom is 0.295 e. The quantitative estimate of drug-likeness (QED) is 0.0710. The number of aliphatic hydroxyl groups excluding tert-OH is 6. The summed E-state index contributed by atoms with van der Waals surface area (Å²) in [5, 5.41) is 114. The molecule has 7 aliphatic rings. The number of primary amides is 1. The highest BCUT2D eigenvalue weighted by atomic mass is 35.5. The van der Waals surface area contributed by atoms with Crippen molar-refractivity contribution in [3.8, 4) is 57.1 Å². The van der Waals surface area contributed by atoms with Gasteiger partial charge in [-0.2, -0.15) is 0 Å². The molecule has 0 saturated carbocycles. The summed E-state index contributed by atoms with van der Waals surface area (Å²) in [5.41, 5.74) is 9.19. The van der Waals surface area contributed by atoms with Crippen LogP contribution in [0.2, 0.25) is 10.0 Å². The summed E-state index contributed by atoms with van der Waals surface area (Å²) in [5.74, 6) is -17.4. The Morgan fingerprint density at radius 1 is 0.762 bits per heavy atom. The molecular formula is C69H78Cl2N6O24. The SMILES string of the molecule is CN[C@H](CC(C)C)C(=O)NC1C(=O)C[C@@H](CC(N)=O)C(=O)N[C@H]2C(=O)C[C@H]3C(=O)C[C@H](C(=O)N[C@@H](OC=O)c4cc(O)cc(O)c4-c4cc3ccc4O)[C@H](O)c3ccc(c(Cl)c3)Oc3cc2cc(c3OC2O[C@@H](CO)[C@@H](O)[C@H](O)[C@@H]2O[C@@H]2C[C@](C)(N)[C@H](O)[C@@H](C)O2)Oc2ccc(cc2Cl)[C@H]1O. The summed E-state index contributed by atoms with van der Waals surface area (Å²) < 4.78 is 43.9. The van der Waals surface area contributed by atoms with Crippen LogP contribution in [0.3, 0.4) is 0 Å². The number of halogens is 2. The Labute approximate surface area is 587 Å². The molecule has 11 bridgehead atoms. The van der Waals surface area contributed by atoms with Gasteiger partial charge in [0.25, 0.3) is 6.47 Å². The number of nitrogens with one attached hydrogen (secondary N) is 4. The van der Waals surface area contributed by atoms with Crippen molar-refractivity contribution in [2.45, 2.75) is 163 Å².